The number of amides is 1. The Labute approximate surface area is 354 Å². The summed E-state index contributed by atoms with van der Waals surface area (Å²) in [5.41, 5.74) is 3.83. The summed E-state index contributed by atoms with van der Waals surface area (Å²) in [5.74, 6) is -3.29. The van der Waals surface area contributed by atoms with E-state index in [4.69, 9.17) is 38.5 Å². The third-order valence-corrected chi connectivity index (χ3v) is 11.6. The van der Waals surface area contributed by atoms with Crippen molar-refractivity contribution in [3.63, 3.8) is 0 Å². The fraction of sp³-hybridized carbons (Fsp3) is 0.585. The number of rotatable bonds is 16. The summed E-state index contributed by atoms with van der Waals surface area (Å²) in [5, 5.41) is 20.7. The van der Waals surface area contributed by atoms with Crippen molar-refractivity contribution in [3.05, 3.63) is 54.5 Å². The van der Waals surface area contributed by atoms with Crippen LogP contribution in [0.15, 0.2) is 48.8 Å². The highest BCUT2D eigenvalue weighted by Crippen LogP contribution is 2.50. The monoisotopic (exact) mass is 869 g/mol. The Morgan fingerprint density at radius 2 is 1.64 bits per heavy atom. The van der Waals surface area contributed by atoms with Crippen molar-refractivity contribution < 1.29 is 56.5 Å². The van der Waals surface area contributed by atoms with E-state index >= 15 is 0 Å². The number of hydrogen-bond acceptors (Lipinski definition) is 16. The van der Waals surface area contributed by atoms with E-state index in [9.17, 15) is 29.0 Å². The van der Waals surface area contributed by atoms with E-state index in [1.54, 1.807) is 78.8 Å². The molecule has 1 amide bonds. The lowest BCUT2D eigenvalue weighted by atomic mass is 9.86. The largest absolute Gasteiger partial charge is 0.464 e. The molecular formula is C41H56N7O12P. The predicted octanol–water partition coefficient (Wildman–Crippen LogP) is 5.59. The number of fused-ring (bicyclic) bond motifs is 1. The maximum Gasteiger partial charge on any atom is 0.459 e. The summed E-state index contributed by atoms with van der Waals surface area (Å²) in [6.45, 7) is 12.4. The number of nitrogens with two attached hydrogens (primary N) is 1. The minimum absolute atomic E-state index is 0.0169. The number of para-hydroxylation sites is 1. The van der Waals surface area contributed by atoms with Gasteiger partial charge in [0.1, 0.15) is 48.0 Å². The van der Waals surface area contributed by atoms with Gasteiger partial charge in [0.15, 0.2) is 18.0 Å². The van der Waals surface area contributed by atoms with Crippen LogP contribution in [0.4, 0.5) is 10.6 Å². The van der Waals surface area contributed by atoms with Gasteiger partial charge in [0.25, 0.3) is 0 Å². The number of alkyl carbamates (subject to hydrolysis) is 1. The van der Waals surface area contributed by atoms with E-state index in [1.807, 2.05) is 6.07 Å². The number of nitrogens with one attached hydrogen (secondary N) is 2. The minimum atomic E-state index is -4.65. The Morgan fingerprint density at radius 1 is 0.984 bits per heavy atom. The SMILES string of the molecule is CC(C)C(=O)O[C@H]1[C@H](c2ccc3c(N)ncnn23)O[C@](C#N)(COP(=O)(N[C@@H](C)C(=O)OC[C@H]2CC[C@H](NC(=O)OC(C)(C)C)CC2)Oc2ccccc2)[C@H]1OC(=O)C(C)C. The molecule has 4 N–H and O–H groups in total. The summed E-state index contributed by atoms with van der Waals surface area (Å²) in [7, 11) is -4.65. The lowest BCUT2D eigenvalue weighted by molar-refractivity contribution is -0.173. The van der Waals surface area contributed by atoms with Gasteiger partial charge in [-0.15, -0.1) is 0 Å². The van der Waals surface area contributed by atoms with Gasteiger partial charge in [-0.2, -0.15) is 15.4 Å². The average molecular weight is 870 g/mol. The molecule has 20 heteroatoms. The molecule has 0 spiro atoms. The molecule has 0 radical (unpaired) electrons. The van der Waals surface area contributed by atoms with Crippen LogP contribution in [0.2, 0.25) is 0 Å². The number of benzene rings is 1. The molecule has 5 rings (SSSR count). The maximum absolute atomic E-state index is 14.7. The smallest absolute Gasteiger partial charge is 0.459 e. The number of hydrogen-bond donors (Lipinski definition) is 3. The number of nitriles is 1. The number of nitrogen functional groups attached to an aromatic ring is 1. The highest BCUT2D eigenvalue weighted by Gasteiger charge is 2.62. The van der Waals surface area contributed by atoms with Gasteiger partial charge in [0, 0.05) is 6.04 Å². The van der Waals surface area contributed by atoms with Crippen molar-refractivity contribution >= 4 is 43.1 Å². The van der Waals surface area contributed by atoms with Gasteiger partial charge < -0.3 is 39.3 Å². The van der Waals surface area contributed by atoms with Gasteiger partial charge in [0.2, 0.25) is 5.60 Å². The van der Waals surface area contributed by atoms with Gasteiger partial charge >= 0.3 is 31.7 Å². The zero-order valence-electron chi connectivity index (χ0n) is 35.7. The first-order valence-electron chi connectivity index (χ1n) is 20.2. The van der Waals surface area contributed by atoms with Crippen molar-refractivity contribution in [2.24, 2.45) is 17.8 Å². The molecule has 0 bridgehead atoms. The summed E-state index contributed by atoms with van der Waals surface area (Å²) < 4.78 is 57.3. The molecule has 1 saturated carbocycles. The number of carbonyl (C=O) groups is 4. The molecule has 1 aromatic carbocycles. The van der Waals surface area contributed by atoms with Gasteiger partial charge in [-0.3, -0.25) is 18.9 Å². The molecule has 2 fully saturated rings. The molecule has 1 unspecified atom stereocenters. The van der Waals surface area contributed by atoms with E-state index in [-0.39, 0.29) is 35.8 Å². The summed E-state index contributed by atoms with van der Waals surface area (Å²) in [6.07, 6.45) is -0.988. The van der Waals surface area contributed by atoms with E-state index in [0.717, 1.165) is 0 Å². The number of carbonyl (C=O) groups excluding carboxylic acids is 4. The van der Waals surface area contributed by atoms with E-state index in [0.29, 0.717) is 31.2 Å². The third kappa shape index (κ3) is 12.0. The molecule has 61 heavy (non-hydrogen) atoms. The Balaban J connectivity index is 1.37. The van der Waals surface area contributed by atoms with Crippen LogP contribution in [-0.4, -0.2) is 87.3 Å². The normalized spacial score (nSPS) is 24.3. The zero-order valence-corrected chi connectivity index (χ0v) is 36.6. The molecule has 1 saturated heterocycles. The lowest BCUT2D eigenvalue weighted by Gasteiger charge is -2.31. The maximum atomic E-state index is 14.7. The second-order valence-electron chi connectivity index (χ2n) is 16.8. The third-order valence-electron chi connectivity index (χ3n) is 9.98. The fourth-order valence-electron chi connectivity index (χ4n) is 6.71. The van der Waals surface area contributed by atoms with Gasteiger partial charge in [-0.25, -0.2) is 18.9 Å². The van der Waals surface area contributed by atoms with Crippen molar-refractivity contribution in [2.45, 2.75) is 123 Å². The van der Waals surface area contributed by atoms with Crippen molar-refractivity contribution in [2.75, 3.05) is 18.9 Å². The summed E-state index contributed by atoms with van der Waals surface area (Å²) in [4.78, 5) is 56.1. The first-order chi connectivity index (χ1) is 28.7. The standard InChI is InChI=1S/C41H56N7O12P/c1-24(2)36(49)56-33-32(30-18-19-31-35(43)44-23-45-48(30)31)58-41(21-42,34(33)57-37(50)25(3)4)22-55-61(53,60-29-12-10-9-11-13-29)47-26(5)38(51)54-20-27-14-16-28(17-15-27)46-39(52)59-40(6,7)8/h9-13,18-19,23-28,32-34H,14-17,20,22H2,1-8H3,(H,46,52)(H,47,53)(H2,43,44,45)/t26-,27-,28-,32-,33-,34-,41+,61?/m0/s1. The number of ether oxygens (including phenoxy) is 5. The Morgan fingerprint density at radius 3 is 2.26 bits per heavy atom. The van der Waals surface area contributed by atoms with Crippen molar-refractivity contribution in [1.82, 2.24) is 25.0 Å². The number of aromatic nitrogens is 3. The second-order valence-corrected chi connectivity index (χ2v) is 18.5. The van der Waals surface area contributed by atoms with Crippen LogP contribution in [-0.2, 0) is 47.2 Å². The molecule has 19 nitrogen and oxygen atoms in total. The van der Waals surface area contributed by atoms with E-state index in [2.05, 4.69) is 20.5 Å². The molecule has 1 aliphatic heterocycles. The lowest BCUT2D eigenvalue weighted by Crippen LogP contribution is -2.50. The first kappa shape index (κ1) is 46.8. The van der Waals surface area contributed by atoms with Crippen LogP contribution in [0.25, 0.3) is 5.52 Å². The Hall–Kier alpha value is -5.28. The molecular weight excluding hydrogens is 813 g/mol. The Kier molecular flexibility index (Phi) is 15.0. The molecule has 6 atom stereocenters. The number of anilines is 1. The van der Waals surface area contributed by atoms with Crippen LogP contribution in [0, 0.1) is 29.1 Å². The van der Waals surface area contributed by atoms with Crippen molar-refractivity contribution in [3.8, 4) is 11.8 Å². The van der Waals surface area contributed by atoms with Crippen LogP contribution >= 0.6 is 7.75 Å². The topological polar surface area (TPSA) is 254 Å². The number of nitrogens with zero attached hydrogens (tertiary/aromatic N) is 4. The van der Waals surface area contributed by atoms with Crippen LogP contribution in [0.1, 0.15) is 92.9 Å². The average Bonchev–Trinajstić information content (AvgIpc) is 3.76. The van der Waals surface area contributed by atoms with Crippen LogP contribution < -0.4 is 20.7 Å². The van der Waals surface area contributed by atoms with Gasteiger partial charge in [-0.1, -0.05) is 45.9 Å². The van der Waals surface area contributed by atoms with Gasteiger partial charge in [-0.05, 0) is 83.6 Å². The second kappa shape index (κ2) is 19.6. The van der Waals surface area contributed by atoms with Gasteiger partial charge in [0.05, 0.1) is 24.1 Å². The van der Waals surface area contributed by atoms with E-state index in [1.165, 1.54) is 29.9 Å². The summed E-state index contributed by atoms with van der Waals surface area (Å²) in [6, 6.07) is 11.9. The first-order valence-corrected chi connectivity index (χ1v) is 21.8. The molecule has 2 aliphatic rings. The number of esters is 3. The molecule has 1 aliphatic carbocycles. The minimum Gasteiger partial charge on any atom is -0.464 e. The highest BCUT2D eigenvalue weighted by atomic mass is 31.2. The summed E-state index contributed by atoms with van der Waals surface area (Å²) >= 11 is 0. The van der Waals surface area contributed by atoms with Crippen LogP contribution in [0.5, 0.6) is 5.75 Å². The molecule has 2 aromatic heterocycles. The highest BCUT2D eigenvalue weighted by molar-refractivity contribution is 7.52. The van der Waals surface area contributed by atoms with Crippen molar-refractivity contribution in [1.29, 1.82) is 5.26 Å². The molecule has 3 heterocycles. The molecule has 3 aromatic rings. The van der Waals surface area contributed by atoms with Crippen LogP contribution in [0.3, 0.4) is 0 Å². The van der Waals surface area contributed by atoms with E-state index < -0.39 is 85.7 Å². The fourth-order valence-corrected chi connectivity index (χ4v) is 8.23. The Bertz CT molecular complexity index is 2110. The molecule has 332 valence electrons. The quantitative estimate of drug-likeness (QED) is 0.0901. The zero-order chi connectivity index (χ0) is 44.7. The predicted molar refractivity (Wildman–Crippen MR) is 218 cm³/mol.